The Hall–Kier alpha value is -3.74. The highest BCUT2D eigenvalue weighted by atomic mass is 15.2. The number of aryl methyl sites for hydroxylation is 1. The van der Waals surface area contributed by atoms with Gasteiger partial charge in [-0.05, 0) is 24.6 Å². The number of hydrogen-bond donors (Lipinski definition) is 3. The first-order chi connectivity index (χ1) is 13.3. The monoisotopic (exact) mass is 357 g/mol. The molecule has 0 unspecified atom stereocenters. The fourth-order valence-electron chi connectivity index (χ4n) is 2.64. The highest BCUT2D eigenvalue weighted by Crippen LogP contribution is 2.20. The number of H-pyrrole nitrogens is 1. The molecule has 0 atom stereocenters. The molecular formula is C20H19N7. The van der Waals surface area contributed by atoms with E-state index in [1.165, 1.54) is 5.56 Å². The predicted molar refractivity (Wildman–Crippen MR) is 106 cm³/mol. The maximum Gasteiger partial charge on any atom is 0.163 e. The number of hydrogen-bond acceptors (Lipinski definition) is 6. The minimum Gasteiger partial charge on any atom is -0.380 e. The summed E-state index contributed by atoms with van der Waals surface area (Å²) in [5.74, 6) is 1.99. The van der Waals surface area contributed by atoms with Crippen molar-refractivity contribution in [2.75, 3.05) is 10.6 Å². The van der Waals surface area contributed by atoms with Gasteiger partial charge in [0.15, 0.2) is 11.6 Å². The van der Waals surface area contributed by atoms with Crippen molar-refractivity contribution in [3.8, 4) is 11.4 Å². The zero-order valence-corrected chi connectivity index (χ0v) is 14.8. The Bertz CT molecular complexity index is 1030. The maximum atomic E-state index is 4.56. The molecule has 4 rings (SSSR count). The Labute approximate surface area is 156 Å². The third-order valence-electron chi connectivity index (χ3n) is 3.95. The number of benzene rings is 1. The molecule has 27 heavy (non-hydrogen) atoms. The third-order valence-corrected chi connectivity index (χ3v) is 3.95. The molecule has 134 valence electrons. The highest BCUT2D eigenvalue weighted by Gasteiger charge is 2.06. The molecule has 0 saturated heterocycles. The van der Waals surface area contributed by atoms with E-state index in [0.717, 1.165) is 23.5 Å². The lowest BCUT2D eigenvalue weighted by molar-refractivity contribution is 1.05. The van der Waals surface area contributed by atoms with Crippen LogP contribution in [0.1, 0.15) is 11.3 Å². The molecule has 3 heterocycles. The second kappa shape index (κ2) is 7.65. The van der Waals surface area contributed by atoms with E-state index in [1.54, 1.807) is 24.7 Å². The Balaban J connectivity index is 1.50. The van der Waals surface area contributed by atoms with Crippen molar-refractivity contribution < 1.29 is 0 Å². The molecule has 0 fully saturated rings. The highest BCUT2D eigenvalue weighted by molar-refractivity contribution is 5.62. The standard InChI is InChI=1S/C20H19N7/c1-14-9-19(27-26-14)24-18-7-8-22-20(25-18)16-10-17(13-21-12-16)23-11-15-5-3-2-4-6-15/h2-10,12-13,23H,11H2,1H3,(H2,22,24,25,26,27). The average molecular weight is 357 g/mol. The minimum absolute atomic E-state index is 0.600. The summed E-state index contributed by atoms with van der Waals surface area (Å²) in [7, 11) is 0. The zero-order valence-electron chi connectivity index (χ0n) is 14.8. The van der Waals surface area contributed by atoms with E-state index in [2.05, 4.69) is 47.9 Å². The van der Waals surface area contributed by atoms with Gasteiger partial charge in [0.05, 0.1) is 5.69 Å². The molecule has 0 spiro atoms. The molecule has 0 aliphatic rings. The van der Waals surface area contributed by atoms with Crippen molar-refractivity contribution in [1.29, 1.82) is 0 Å². The van der Waals surface area contributed by atoms with Crippen molar-refractivity contribution in [3.63, 3.8) is 0 Å². The summed E-state index contributed by atoms with van der Waals surface area (Å²) in [4.78, 5) is 13.2. The van der Waals surface area contributed by atoms with Gasteiger partial charge in [0.1, 0.15) is 5.82 Å². The Morgan fingerprint density at radius 3 is 2.70 bits per heavy atom. The summed E-state index contributed by atoms with van der Waals surface area (Å²) in [6.45, 7) is 2.68. The van der Waals surface area contributed by atoms with Gasteiger partial charge < -0.3 is 10.6 Å². The molecular weight excluding hydrogens is 338 g/mol. The number of anilines is 3. The topological polar surface area (TPSA) is 91.4 Å². The van der Waals surface area contributed by atoms with Gasteiger partial charge in [-0.2, -0.15) is 5.10 Å². The Kier molecular flexibility index (Phi) is 4.74. The van der Waals surface area contributed by atoms with E-state index in [-0.39, 0.29) is 0 Å². The van der Waals surface area contributed by atoms with Crippen LogP contribution < -0.4 is 10.6 Å². The number of rotatable bonds is 6. The number of aromatic nitrogens is 5. The van der Waals surface area contributed by atoms with Crippen LogP contribution in [0, 0.1) is 6.92 Å². The average Bonchev–Trinajstić information content (AvgIpc) is 3.12. The Morgan fingerprint density at radius 1 is 1.00 bits per heavy atom. The van der Waals surface area contributed by atoms with Crippen molar-refractivity contribution in [3.05, 3.63) is 78.4 Å². The van der Waals surface area contributed by atoms with Gasteiger partial charge >= 0.3 is 0 Å². The normalized spacial score (nSPS) is 10.6. The van der Waals surface area contributed by atoms with E-state index >= 15 is 0 Å². The van der Waals surface area contributed by atoms with Crippen LogP contribution in [0.5, 0.6) is 0 Å². The molecule has 3 N–H and O–H groups in total. The molecule has 0 bridgehead atoms. The fourth-order valence-corrected chi connectivity index (χ4v) is 2.64. The maximum absolute atomic E-state index is 4.56. The zero-order chi connectivity index (χ0) is 18.5. The molecule has 7 heteroatoms. The van der Waals surface area contributed by atoms with Gasteiger partial charge in [0.2, 0.25) is 0 Å². The van der Waals surface area contributed by atoms with Crippen LogP contribution >= 0.6 is 0 Å². The molecule has 0 saturated carbocycles. The first-order valence-electron chi connectivity index (χ1n) is 8.61. The molecule has 0 amide bonds. The summed E-state index contributed by atoms with van der Waals surface area (Å²) in [5.41, 5.74) is 3.95. The van der Waals surface area contributed by atoms with Crippen molar-refractivity contribution in [2.45, 2.75) is 13.5 Å². The molecule has 7 nitrogen and oxygen atoms in total. The largest absolute Gasteiger partial charge is 0.380 e. The van der Waals surface area contributed by atoms with Crippen LogP contribution in [0.2, 0.25) is 0 Å². The first kappa shape index (κ1) is 16.7. The number of nitrogens with zero attached hydrogens (tertiary/aromatic N) is 4. The number of nitrogens with one attached hydrogen (secondary N) is 3. The summed E-state index contributed by atoms with van der Waals surface area (Å²) in [6, 6.07) is 15.9. The number of pyridine rings is 1. The van der Waals surface area contributed by atoms with E-state index in [4.69, 9.17) is 0 Å². The van der Waals surface area contributed by atoms with E-state index in [0.29, 0.717) is 17.5 Å². The summed E-state index contributed by atoms with van der Waals surface area (Å²) < 4.78 is 0. The van der Waals surface area contributed by atoms with Crippen LogP contribution in [-0.4, -0.2) is 25.1 Å². The molecule has 1 aromatic carbocycles. The van der Waals surface area contributed by atoms with Crippen molar-refractivity contribution >= 4 is 17.3 Å². The van der Waals surface area contributed by atoms with E-state index in [1.807, 2.05) is 37.3 Å². The van der Waals surface area contributed by atoms with Gasteiger partial charge in [-0.3, -0.25) is 10.1 Å². The second-order valence-electron chi connectivity index (χ2n) is 6.13. The van der Waals surface area contributed by atoms with Gasteiger partial charge in [0, 0.05) is 42.5 Å². The lowest BCUT2D eigenvalue weighted by Crippen LogP contribution is -2.01. The molecule has 0 radical (unpaired) electrons. The van der Waals surface area contributed by atoms with E-state index in [9.17, 15) is 0 Å². The van der Waals surface area contributed by atoms with Crippen LogP contribution in [0.4, 0.5) is 17.3 Å². The summed E-state index contributed by atoms with van der Waals surface area (Å²) in [6.07, 6.45) is 5.26. The number of aromatic amines is 1. The first-order valence-corrected chi connectivity index (χ1v) is 8.61. The van der Waals surface area contributed by atoms with Crippen molar-refractivity contribution in [2.24, 2.45) is 0 Å². The molecule has 0 aliphatic heterocycles. The molecule has 3 aromatic heterocycles. The predicted octanol–water partition coefficient (Wildman–Crippen LogP) is 3.93. The summed E-state index contributed by atoms with van der Waals surface area (Å²) >= 11 is 0. The minimum atomic E-state index is 0.600. The molecule has 0 aliphatic carbocycles. The fraction of sp³-hybridized carbons (Fsp3) is 0.100. The van der Waals surface area contributed by atoms with Gasteiger partial charge in [-0.1, -0.05) is 30.3 Å². The summed E-state index contributed by atoms with van der Waals surface area (Å²) in [5, 5.41) is 13.6. The molecule has 4 aromatic rings. The van der Waals surface area contributed by atoms with Crippen molar-refractivity contribution in [1.82, 2.24) is 25.1 Å². The van der Waals surface area contributed by atoms with Crippen LogP contribution in [0.25, 0.3) is 11.4 Å². The van der Waals surface area contributed by atoms with Gasteiger partial charge in [-0.15, -0.1) is 0 Å². The smallest absolute Gasteiger partial charge is 0.163 e. The van der Waals surface area contributed by atoms with Crippen LogP contribution in [0.3, 0.4) is 0 Å². The third kappa shape index (κ3) is 4.27. The van der Waals surface area contributed by atoms with E-state index < -0.39 is 0 Å². The SMILES string of the molecule is Cc1cc(Nc2ccnc(-c3cncc(NCc4ccccc4)c3)n2)n[nH]1. The quantitative estimate of drug-likeness (QED) is 0.484. The van der Waals surface area contributed by atoms with Gasteiger partial charge in [0.25, 0.3) is 0 Å². The van der Waals surface area contributed by atoms with Crippen LogP contribution in [0.15, 0.2) is 67.1 Å². The van der Waals surface area contributed by atoms with Crippen LogP contribution in [-0.2, 0) is 6.54 Å². The Morgan fingerprint density at radius 2 is 1.89 bits per heavy atom. The van der Waals surface area contributed by atoms with Gasteiger partial charge in [-0.25, -0.2) is 9.97 Å². The lowest BCUT2D eigenvalue weighted by atomic mass is 10.2. The lowest BCUT2D eigenvalue weighted by Gasteiger charge is -2.08. The second-order valence-corrected chi connectivity index (χ2v) is 6.13.